The van der Waals surface area contributed by atoms with Crippen molar-refractivity contribution in [2.75, 3.05) is 0 Å². The number of rotatable bonds is 1. The second-order valence-corrected chi connectivity index (χ2v) is 9.13. The van der Waals surface area contributed by atoms with Gasteiger partial charge in [-0.2, -0.15) is 0 Å². The Morgan fingerprint density at radius 2 is 1.72 bits per heavy atom. The molecule has 0 nitrogen and oxygen atoms in total. The van der Waals surface area contributed by atoms with Gasteiger partial charge >= 0.3 is 0 Å². The Bertz CT molecular complexity index is 397. The first-order valence-electron chi connectivity index (χ1n) is 8.64. The van der Waals surface area contributed by atoms with Crippen molar-refractivity contribution in [2.24, 2.45) is 46.3 Å². The van der Waals surface area contributed by atoms with Crippen molar-refractivity contribution < 1.29 is 0 Å². The lowest BCUT2D eigenvalue weighted by atomic mass is 9.29. The summed E-state index contributed by atoms with van der Waals surface area (Å²) in [4.78, 5) is 0. The summed E-state index contributed by atoms with van der Waals surface area (Å²) >= 11 is 0. The normalized spacial score (nSPS) is 63.8. The molecule has 6 rings (SSSR count). The van der Waals surface area contributed by atoms with Crippen LogP contribution in [0.4, 0.5) is 0 Å². The summed E-state index contributed by atoms with van der Waals surface area (Å²) < 4.78 is 0. The largest absolute Gasteiger partial charge is 0.0622 e. The van der Waals surface area contributed by atoms with Gasteiger partial charge in [-0.25, -0.2) is 0 Å². The second-order valence-electron chi connectivity index (χ2n) is 9.13. The van der Waals surface area contributed by atoms with Crippen LogP contribution in [0.15, 0.2) is 0 Å². The van der Waals surface area contributed by atoms with Crippen LogP contribution in [0, 0.1) is 46.3 Å². The Morgan fingerprint density at radius 1 is 0.889 bits per heavy atom. The highest BCUT2D eigenvalue weighted by Crippen LogP contribution is 2.78. The highest BCUT2D eigenvalue weighted by molar-refractivity contribution is 5.19. The molecule has 0 amide bonds. The van der Waals surface area contributed by atoms with E-state index in [1.165, 1.54) is 5.92 Å². The van der Waals surface area contributed by atoms with Gasteiger partial charge in [0.2, 0.25) is 0 Å². The van der Waals surface area contributed by atoms with Crippen molar-refractivity contribution in [3.63, 3.8) is 0 Å². The average molecular weight is 244 g/mol. The van der Waals surface area contributed by atoms with Gasteiger partial charge in [0.25, 0.3) is 0 Å². The quantitative estimate of drug-likeness (QED) is 0.616. The van der Waals surface area contributed by atoms with Crippen molar-refractivity contribution in [3.8, 4) is 0 Å². The summed E-state index contributed by atoms with van der Waals surface area (Å²) in [5, 5.41) is 0. The third kappa shape index (κ3) is 0.967. The number of hydrogen-bond donors (Lipinski definition) is 0. The SMILES string of the molecule is CC(C)C12CC3CCC45CC(CC1C4)CC2C5C3. The first kappa shape index (κ1) is 10.7. The molecule has 1 spiro atoms. The summed E-state index contributed by atoms with van der Waals surface area (Å²) in [6, 6.07) is 0. The maximum absolute atomic E-state index is 2.57. The number of hydrogen-bond acceptors (Lipinski definition) is 0. The molecule has 0 aromatic carbocycles. The van der Waals surface area contributed by atoms with Crippen LogP contribution in [0.1, 0.15) is 65.2 Å². The van der Waals surface area contributed by atoms with E-state index in [1.807, 2.05) is 0 Å². The third-order valence-electron chi connectivity index (χ3n) is 8.63. The van der Waals surface area contributed by atoms with E-state index in [1.54, 1.807) is 51.4 Å². The molecule has 18 heavy (non-hydrogen) atoms. The summed E-state index contributed by atoms with van der Waals surface area (Å²) in [6.07, 6.45) is 13.0. The zero-order valence-electron chi connectivity index (χ0n) is 12.1. The molecule has 7 bridgehead atoms. The van der Waals surface area contributed by atoms with Gasteiger partial charge in [0.15, 0.2) is 0 Å². The summed E-state index contributed by atoms with van der Waals surface area (Å²) in [6.45, 7) is 5.13. The molecule has 0 aromatic rings. The average Bonchev–Trinajstić information content (AvgIpc) is 2.34. The highest BCUT2D eigenvalue weighted by Gasteiger charge is 2.70. The van der Waals surface area contributed by atoms with Crippen molar-refractivity contribution in [2.45, 2.75) is 65.2 Å². The monoisotopic (exact) mass is 244 g/mol. The molecule has 6 saturated carbocycles. The molecule has 7 atom stereocenters. The fraction of sp³-hybridized carbons (Fsp3) is 1.00. The zero-order chi connectivity index (χ0) is 12.1. The van der Waals surface area contributed by atoms with Gasteiger partial charge in [0.1, 0.15) is 0 Å². The second kappa shape index (κ2) is 3.01. The molecule has 7 unspecified atom stereocenters. The lowest BCUT2D eigenvalue weighted by molar-refractivity contribution is -0.264. The van der Waals surface area contributed by atoms with Crippen molar-refractivity contribution in [3.05, 3.63) is 0 Å². The minimum absolute atomic E-state index is 0.800. The van der Waals surface area contributed by atoms with E-state index in [0.717, 1.165) is 40.4 Å². The van der Waals surface area contributed by atoms with Gasteiger partial charge in [0.05, 0.1) is 0 Å². The lowest BCUT2D eigenvalue weighted by Gasteiger charge is -2.75. The van der Waals surface area contributed by atoms with E-state index < -0.39 is 0 Å². The maximum Gasteiger partial charge on any atom is -0.0212 e. The molecule has 0 N–H and O–H groups in total. The Kier molecular flexibility index (Phi) is 1.80. The van der Waals surface area contributed by atoms with E-state index in [0.29, 0.717) is 0 Å². The molecule has 0 heteroatoms. The van der Waals surface area contributed by atoms with Gasteiger partial charge < -0.3 is 0 Å². The molecule has 6 aliphatic rings. The van der Waals surface area contributed by atoms with Crippen molar-refractivity contribution in [1.82, 2.24) is 0 Å². The number of fused-ring (bicyclic) bond motifs is 1. The predicted molar refractivity (Wildman–Crippen MR) is 74.1 cm³/mol. The fourth-order valence-corrected chi connectivity index (χ4v) is 8.37. The van der Waals surface area contributed by atoms with Gasteiger partial charge in [-0.05, 0) is 97.7 Å². The molecule has 6 fully saturated rings. The Hall–Kier alpha value is 0. The van der Waals surface area contributed by atoms with Crippen LogP contribution in [0.5, 0.6) is 0 Å². The first-order chi connectivity index (χ1) is 8.64. The molecule has 0 saturated heterocycles. The van der Waals surface area contributed by atoms with E-state index >= 15 is 0 Å². The summed E-state index contributed by atoms with van der Waals surface area (Å²) in [5.74, 6) is 6.67. The van der Waals surface area contributed by atoms with Crippen LogP contribution >= 0.6 is 0 Å². The molecule has 6 aliphatic carbocycles. The van der Waals surface area contributed by atoms with Gasteiger partial charge in [-0.1, -0.05) is 13.8 Å². The molecule has 0 aromatic heterocycles. The Labute approximate surface area is 112 Å². The third-order valence-corrected chi connectivity index (χ3v) is 8.63. The standard InChI is InChI=1S/C18H28/c1-11(2)18-9-12-3-4-17-8-13(5-14(18)10-17)7-16(18)15(17)6-12/h11-16H,3-10H2,1-2H3. The highest BCUT2D eigenvalue weighted by atomic mass is 14.7. The van der Waals surface area contributed by atoms with Gasteiger partial charge in [-0.15, -0.1) is 0 Å². The van der Waals surface area contributed by atoms with E-state index in [4.69, 9.17) is 0 Å². The Morgan fingerprint density at radius 3 is 2.56 bits per heavy atom. The summed E-state index contributed by atoms with van der Waals surface area (Å²) in [7, 11) is 0. The van der Waals surface area contributed by atoms with Crippen LogP contribution in [-0.2, 0) is 0 Å². The van der Waals surface area contributed by atoms with E-state index in [2.05, 4.69) is 13.8 Å². The lowest BCUT2D eigenvalue weighted by Crippen LogP contribution is -2.67. The van der Waals surface area contributed by atoms with Gasteiger partial charge in [0, 0.05) is 0 Å². The fourth-order valence-electron chi connectivity index (χ4n) is 8.37. The predicted octanol–water partition coefficient (Wildman–Crippen LogP) is 4.89. The van der Waals surface area contributed by atoms with Crippen LogP contribution < -0.4 is 0 Å². The van der Waals surface area contributed by atoms with Crippen LogP contribution in [-0.4, -0.2) is 0 Å². The maximum atomic E-state index is 2.57. The summed E-state index contributed by atoms with van der Waals surface area (Å²) in [5.41, 5.74) is 1.67. The van der Waals surface area contributed by atoms with Crippen molar-refractivity contribution >= 4 is 0 Å². The van der Waals surface area contributed by atoms with Crippen LogP contribution in [0.2, 0.25) is 0 Å². The smallest absolute Gasteiger partial charge is 0.0212 e. The van der Waals surface area contributed by atoms with Crippen LogP contribution in [0.3, 0.4) is 0 Å². The first-order valence-corrected chi connectivity index (χ1v) is 8.64. The zero-order valence-corrected chi connectivity index (χ0v) is 12.1. The van der Waals surface area contributed by atoms with Gasteiger partial charge in [-0.3, -0.25) is 0 Å². The minimum Gasteiger partial charge on any atom is -0.0622 e. The van der Waals surface area contributed by atoms with Crippen LogP contribution in [0.25, 0.3) is 0 Å². The minimum atomic E-state index is 0.800. The molecule has 0 aliphatic heterocycles. The molecule has 0 radical (unpaired) electrons. The topological polar surface area (TPSA) is 0 Å². The molecular weight excluding hydrogens is 216 g/mol. The molecule has 100 valence electrons. The van der Waals surface area contributed by atoms with E-state index in [9.17, 15) is 0 Å². The molecule has 0 heterocycles. The van der Waals surface area contributed by atoms with Crippen molar-refractivity contribution in [1.29, 1.82) is 0 Å². The Balaban J connectivity index is 1.71. The molecular formula is C18H28. The van der Waals surface area contributed by atoms with E-state index in [-0.39, 0.29) is 0 Å².